The molecule has 3 aromatic rings. The Bertz CT molecular complexity index is 1210. The Hall–Kier alpha value is -2.60. The Labute approximate surface area is 236 Å². The van der Waals surface area contributed by atoms with E-state index in [2.05, 4.69) is 62.9 Å². The van der Waals surface area contributed by atoms with Gasteiger partial charge >= 0.3 is 0 Å². The summed E-state index contributed by atoms with van der Waals surface area (Å²) < 4.78 is 15.1. The molecule has 4 rings (SSSR count). The first-order valence-electron chi connectivity index (χ1n) is 14.6. The summed E-state index contributed by atoms with van der Waals surface area (Å²) in [6.45, 7) is 21.2. The van der Waals surface area contributed by atoms with Crippen LogP contribution in [0.1, 0.15) is 121 Å². The molecule has 39 heavy (non-hydrogen) atoms. The van der Waals surface area contributed by atoms with Crippen molar-refractivity contribution in [3.05, 3.63) is 64.6 Å². The van der Waals surface area contributed by atoms with E-state index >= 15 is 0 Å². The average Bonchev–Trinajstić information content (AvgIpc) is 3.17. The number of nitrogens with one attached hydrogen (secondary N) is 1. The van der Waals surface area contributed by atoms with Crippen LogP contribution in [-0.2, 0) is 17.6 Å². The van der Waals surface area contributed by atoms with Gasteiger partial charge < -0.3 is 14.5 Å². The number of carbonyl (C=O) groups is 1. The second-order valence-electron chi connectivity index (χ2n) is 12.3. The number of ketones is 1. The maximum Gasteiger partial charge on any atom is 0.139 e. The molecule has 3 aromatic heterocycles. The summed E-state index contributed by atoms with van der Waals surface area (Å²) in [6, 6.07) is 3.74. The summed E-state index contributed by atoms with van der Waals surface area (Å²) in [5.41, 5.74) is 6.97. The Morgan fingerprint density at radius 2 is 1.72 bits per heavy atom. The number of fused-ring (bicyclic) bond motifs is 1. The lowest BCUT2D eigenvalue weighted by Crippen LogP contribution is -2.57. The van der Waals surface area contributed by atoms with Crippen molar-refractivity contribution in [3.8, 4) is 0 Å². The number of aryl methyl sites for hydroxylation is 3. The van der Waals surface area contributed by atoms with Crippen LogP contribution in [-0.4, -0.2) is 31.2 Å². The minimum atomic E-state index is -0.166. The predicted octanol–water partition coefficient (Wildman–Crippen LogP) is 8.09. The summed E-state index contributed by atoms with van der Waals surface area (Å²) >= 11 is 0. The summed E-state index contributed by atoms with van der Waals surface area (Å²) in [5, 5.41) is 3.78. The molecule has 0 saturated carbocycles. The Kier molecular flexibility index (Phi) is 11.8. The van der Waals surface area contributed by atoms with Gasteiger partial charge in [0, 0.05) is 53.4 Å². The lowest BCUT2D eigenvalue weighted by atomic mass is 9.72. The highest BCUT2D eigenvalue weighted by Gasteiger charge is 2.38. The molecule has 0 amide bonds. The van der Waals surface area contributed by atoms with E-state index in [9.17, 15) is 9.18 Å². The number of piperidine rings is 1. The fourth-order valence-electron chi connectivity index (χ4n) is 5.91. The molecule has 216 valence electrons. The topological polar surface area (TPSA) is 59.3 Å². The first kappa shape index (κ1) is 32.6. The van der Waals surface area contributed by atoms with Crippen LogP contribution < -0.4 is 5.32 Å². The van der Waals surface area contributed by atoms with E-state index in [1.165, 1.54) is 36.6 Å². The number of pyridine rings is 2. The maximum atomic E-state index is 13.3. The SMILES string of the molecule is CCCC(C)=O.CCCc1c(C2CC(C)(C)NC(C)(C)C2)ccnc1C.CCc1cn2cc(C)nc2cc1F. The molecular weight excluding hydrogens is 487 g/mol. The molecule has 0 spiro atoms. The van der Waals surface area contributed by atoms with E-state index in [-0.39, 0.29) is 22.7 Å². The first-order chi connectivity index (χ1) is 18.2. The van der Waals surface area contributed by atoms with E-state index < -0.39 is 0 Å². The second kappa shape index (κ2) is 14.2. The van der Waals surface area contributed by atoms with Crippen molar-refractivity contribution in [2.24, 2.45) is 0 Å². The second-order valence-corrected chi connectivity index (χ2v) is 12.3. The maximum absolute atomic E-state index is 13.3. The Morgan fingerprint density at radius 3 is 2.23 bits per heavy atom. The average molecular weight is 539 g/mol. The normalized spacial score (nSPS) is 16.2. The van der Waals surface area contributed by atoms with Crippen LogP contribution in [0.3, 0.4) is 0 Å². The molecule has 4 heterocycles. The quantitative estimate of drug-likeness (QED) is 0.345. The molecule has 1 fully saturated rings. The molecule has 0 aliphatic carbocycles. The number of halogens is 1. The summed E-state index contributed by atoms with van der Waals surface area (Å²) in [5.74, 6) is 0.766. The molecule has 0 aromatic carbocycles. The third kappa shape index (κ3) is 9.82. The van der Waals surface area contributed by atoms with Crippen LogP contribution in [0.4, 0.5) is 4.39 Å². The van der Waals surface area contributed by atoms with Gasteiger partial charge in [0.1, 0.15) is 17.2 Å². The zero-order valence-electron chi connectivity index (χ0n) is 26.0. The van der Waals surface area contributed by atoms with Gasteiger partial charge in [-0.1, -0.05) is 27.2 Å². The molecule has 1 N–H and O–H groups in total. The number of carbonyl (C=O) groups excluding carboxylic acids is 1. The van der Waals surface area contributed by atoms with E-state index in [1.807, 2.05) is 37.6 Å². The van der Waals surface area contributed by atoms with Crippen molar-refractivity contribution in [1.29, 1.82) is 0 Å². The van der Waals surface area contributed by atoms with E-state index in [1.54, 1.807) is 18.7 Å². The molecule has 1 aliphatic rings. The zero-order valence-corrected chi connectivity index (χ0v) is 26.0. The van der Waals surface area contributed by atoms with Gasteiger partial charge in [0.15, 0.2) is 0 Å². The first-order valence-corrected chi connectivity index (χ1v) is 14.6. The number of imidazole rings is 1. The van der Waals surface area contributed by atoms with Gasteiger partial charge in [0.25, 0.3) is 0 Å². The van der Waals surface area contributed by atoms with E-state index in [4.69, 9.17) is 0 Å². The van der Waals surface area contributed by atoms with Gasteiger partial charge in [0.05, 0.1) is 5.69 Å². The monoisotopic (exact) mass is 538 g/mol. The van der Waals surface area contributed by atoms with Gasteiger partial charge in [-0.25, -0.2) is 9.37 Å². The summed E-state index contributed by atoms with van der Waals surface area (Å²) in [7, 11) is 0. The Morgan fingerprint density at radius 1 is 1.08 bits per heavy atom. The largest absolute Gasteiger partial charge is 0.307 e. The number of rotatable bonds is 6. The summed E-state index contributed by atoms with van der Waals surface area (Å²) in [4.78, 5) is 18.7. The fourth-order valence-corrected chi connectivity index (χ4v) is 5.91. The van der Waals surface area contributed by atoms with Gasteiger partial charge in [-0.2, -0.15) is 0 Å². The molecule has 0 unspecified atom stereocenters. The molecule has 6 heteroatoms. The highest BCUT2D eigenvalue weighted by atomic mass is 19.1. The zero-order chi connectivity index (χ0) is 29.4. The van der Waals surface area contributed by atoms with Gasteiger partial charge in [0.2, 0.25) is 0 Å². The van der Waals surface area contributed by atoms with Crippen LogP contribution in [0.2, 0.25) is 0 Å². The lowest BCUT2D eigenvalue weighted by Gasteiger charge is -2.47. The molecular formula is C33H51FN4O. The van der Waals surface area contributed by atoms with Crippen LogP contribution in [0.25, 0.3) is 5.65 Å². The predicted molar refractivity (Wildman–Crippen MR) is 161 cm³/mol. The molecule has 1 aliphatic heterocycles. The highest BCUT2D eigenvalue weighted by molar-refractivity contribution is 5.75. The molecule has 0 bridgehead atoms. The number of aromatic nitrogens is 3. The van der Waals surface area contributed by atoms with Crippen molar-refractivity contribution >= 4 is 11.4 Å². The molecule has 5 nitrogen and oxygen atoms in total. The van der Waals surface area contributed by atoms with Crippen molar-refractivity contribution in [2.45, 2.75) is 131 Å². The smallest absolute Gasteiger partial charge is 0.139 e. The number of hydrogen-bond donors (Lipinski definition) is 1. The summed E-state index contributed by atoms with van der Waals surface area (Å²) in [6.07, 6.45) is 12.9. The van der Waals surface area contributed by atoms with E-state index in [0.717, 1.165) is 30.5 Å². The van der Waals surface area contributed by atoms with Crippen LogP contribution in [0, 0.1) is 19.7 Å². The highest BCUT2D eigenvalue weighted by Crippen LogP contribution is 2.40. The van der Waals surface area contributed by atoms with Crippen molar-refractivity contribution in [1.82, 2.24) is 19.7 Å². The third-order valence-corrected chi connectivity index (χ3v) is 7.16. The van der Waals surface area contributed by atoms with Gasteiger partial charge in [-0.05, 0) is 104 Å². The van der Waals surface area contributed by atoms with Crippen LogP contribution in [0.15, 0.2) is 30.7 Å². The van der Waals surface area contributed by atoms with E-state index in [0.29, 0.717) is 18.0 Å². The number of nitrogens with zero attached hydrogens (tertiary/aromatic N) is 3. The van der Waals surface area contributed by atoms with Crippen LogP contribution in [0.5, 0.6) is 0 Å². The fraction of sp³-hybridized carbons (Fsp3) is 0.606. The number of Topliss-reactive ketones (excluding diaryl/α,β-unsaturated/α-hetero) is 1. The minimum Gasteiger partial charge on any atom is -0.307 e. The van der Waals surface area contributed by atoms with Crippen molar-refractivity contribution < 1.29 is 9.18 Å². The lowest BCUT2D eigenvalue weighted by molar-refractivity contribution is -0.117. The third-order valence-electron chi connectivity index (χ3n) is 7.16. The van der Waals surface area contributed by atoms with Crippen molar-refractivity contribution in [3.63, 3.8) is 0 Å². The van der Waals surface area contributed by atoms with Gasteiger partial charge in [-0.3, -0.25) is 4.98 Å². The minimum absolute atomic E-state index is 0.166. The molecule has 1 saturated heterocycles. The van der Waals surface area contributed by atoms with Gasteiger partial charge in [-0.15, -0.1) is 0 Å². The Balaban J connectivity index is 0.000000239. The van der Waals surface area contributed by atoms with Crippen LogP contribution >= 0.6 is 0 Å². The molecule has 0 radical (unpaired) electrons. The number of hydrogen-bond acceptors (Lipinski definition) is 4. The van der Waals surface area contributed by atoms with Crippen molar-refractivity contribution in [2.75, 3.05) is 0 Å². The standard InChI is InChI=1S/C18H30N2.C10H11FN2.C5H10O/c1-7-8-15-13(2)19-10-9-16(15)14-11-17(3,4)20-18(5,6)12-14;1-3-8-6-13-5-7(2)12-10(13)4-9(8)11;1-3-4-5(2)6/h9-10,14,20H,7-8,11-12H2,1-6H3;4-6H,3H2,1-2H3;3-4H2,1-2H3. The molecule has 0 atom stereocenters.